The standard InChI is InChI=1S/C27H33N5O2/c1-17-13-21(25(29)33)11-12-22(17)24-16-30-26(31-24)23(14-18-5-3-2-4-6-18)32-27(34)20-9-7-19(15-28)8-10-20/h2-6,11-13,16,19-20,23H,7-10,14-15,28H2,1H3,(H2,29,33)(H,30,31)(H,32,34)/t19?,20?,23-/m0/s1. The minimum absolute atomic E-state index is 0.0131. The van der Waals surface area contributed by atoms with Crippen LogP contribution in [0.2, 0.25) is 0 Å². The first-order valence-electron chi connectivity index (χ1n) is 11.9. The fourth-order valence-corrected chi connectivity index (χ4v) is 4.77. The van der Waals surface area contributed by atoms with Crippen molar-refractivity contribution in [3.8, 4) is 11.3 Å². The summed E-state index contributed by atoms with van der Waals surface area (Å²) in [4.78, 5) is 32.8. The molecule has 2 aromatic carbocycles. The lowest BCUT2D eigenvalue weighted by Crippen LogP contribution is -2.37. The van der Waals surface area contributed by atoms with Crippen molar-refractivity contribution >= 4 is 11.8 Å². The van der Waals surface area contributed by atoms with Gasteiger partial charge in [-0.2, -0.15) is 0 Å². The Balaban J connectivity index is 1.55. The molecule has 2 amide bonds. The van der Waals surface area contributed by atoms with Crippen molar-refractivity contribution in [3.05, 3.63) is 77.2 Å². The lowest BCUT2D eigenvalue weighted by atomic mass is 9.81. The van der Waals surface area contributed by atoms with Gasteiger partial charge in [0.2, 0.25) is 11.8 Å². The normalized spacial score (nSPS) is 18.9. The Morgan fingerprint density at radius 3 is 2.50 bits per heavy atom. The van der Waals surface area contributed by atoms with Crippen LogP contribution in [0.3, 0.4) is 0 Å². The van der Waals surface area contributed by atoms with Crippen molar-refractivity contribution in [3.63, 3.8) is 0 Å². The number of imidazole rings is 1. The summed E-state index contributed by atoms with van der Waals surface area (Å²) in [6, 6.07) is 15.2. The number of H-pyrrole nitrogens is 1. The van der Waals surface area contributed by atoms with Crippen LogP contribution in [0, 0.1) is 18.8 Å². The van der Waals surface area contributed by atoms with Crippen molar-refractivity contribution < 1.29 is 9.59 Å². The third-order valence-electron chi connectivity index (χ3n) is 6.86. The molecule has 1 aliphatic carbocycles. The number of aromatic nitrogens is 2. The van der Waals surface area contributed by atoms with Gasteiger partial charge in [0.15, 0.2) is 0 Å². The molecule has 1 heterocycles. The molecule has 1 aromatic heterocycles. The van der Waals surface area contributed by atoms with Crippen molar-refractivity contribution in [1.29, 1.82) is 0 Å². The number of aryl methyl sites for hydroxylation is 1. The number of nitrogens with one attached hydrogen (secondary N) is 2. The van der Waals surface area contributed by atoms with Crippen molar-refractivity contribution in [2.45, 2.75) is 45.1 Å². The molecular formula is C27H33N5O2. The van der Waals surface area contributed by atoms with Crippen LogP contribution in [0.1, 0.15) is 59.0 Å². The van der Waals surface area contributed by atoms with E-state index in [0.29, 0.717) is 30.3 Å². The van der Waals surface area contributed by atoms with Crippen LogP contribution in [0.5, 0.6) is 0 Å². The first kappa shape index (κ1) is 23.7. The van der Waals surface area contributed by atoms with E-state index in [1.54, 1.807) is 12.1 Å². The molecule has 0 unspecified atom stereocenters. The molecule has 7 nitrogen and oxygen atoms in total. The van der Waals surface area contributed by atoms with E-state index in [4.69, 9.17) is 16.5 Å². The molecule has 1 fully saturated rings. The Bertz CT molecular complexity index is 1130. The third kappa shape index (κ3) is 5.54. The fourth-order valence-electron chi connectivity index (χ4n) is 4.77. The average molecular weight is 460 g/mol. The van der Waals surface area contributed by atoms with Crippen LogP contribution in [0.4, 0.5) is 0 Å². The largest absolute Gasteiger partial charge is 0.366 e. The van der Waals surface area contributed by atoms with Gasteiger partial charge in [0.25, 0.3) is 0 Å². The number of nitrogens with zero attached hydrogens (tertiary/aromatic N) is 1. The number of hydrogen-bond donors (Lipinski definition) is 4. The van der Waals surface area contributed by atoms with Gasteiger partial charge in [-0.25, -0.2) is 4.98 Å². The van der Waals surface area contributed by atoms with Gasteiger partial charge in [0, 0.05) is 23.2 Å². The van der Waals surface area contributed by atoms with Crippen molar-refractivity contribution in [2.75, 3.05) is 6.54 Å². The molecule has 34 heavy (non-hydrogen) atoms. The van der Waals surface area contributed by atoms with Gasteiger partial charge in [-0.05, 0) is 74.8 Å². The van der Waals surface area contributed by atoms with Crippen LogP contribution >= 0.6 is 0 Å². The van der Waals surface area contributed by atoms with Crippen LogP contribution in [-0.4, -0.2) is 28.3 Å². The maximum Gasteiger partial charge on any atom is 0.248 e. The number of nitrogens with two attached hydrogens (primary N) is 2. The summed E-state index contributed by atoms with van der Waals surface area (Å²) in [5, 5.41) is 3.26. The van der Waals surface area contributed by atoms with E-state index in [-0.39, 0.29) is 17.9 Å². The number of carbonyl (C=O) groups is 2. The number of carbonyl (C=O) groups excluding carboxylic acids is 2. The van der Waals surface area contributed by atoms with Gasteiger partial charge in [0.05, 0.1) is 11.7 Å². The highest BCUT2D eigenvalue weighted by molar-refractivity contribution is 5.93. The Morgan fingerprint density at radius 2 is 1.85 bits per heavy atom. The Morgan fingerprint density at radius 1 is 1.12 bits per heavy atom. The summed E-state index contributed by atoms with van der Waals surface area (Å²) >= 11 is 0. The number of hydrogen-bond acceptors (Lipinski definition) is 4. The van der Waals surface area contributed by atoms with Crippen LogP contribution < -0.4 is 16.8 Å². The zero-order chi connectivity index (χ0) is 24.1. The zero-order valence-electron chi connectivity index (χ0n) is 19.6. The van der Waals surface area contributed by atoms with E-state index < -0.39 is 5.91 Å². The molecular weight excluding hydrogens is 426 g/mol. The number of amides is 2. The summed E-state index contributed by atoms with van der Waals surface area (Å²) in [6.45, 7) is 2.62. The Hall–Kier alpha value is -3.45. The molecule has 7 heteroatoms. The van der Waals surface area contributed by atoms with Gasteiger partial charge in [-0.15, -0.1) is 0 Å². The van der Waals surface area contributed by atoms with E-state index >= 15 is 0 Å². The number of rotatable bonds is 8. The minimum Gasteiger partial charge on any atom is -0.366 e. The second kappa shape index (κ2) is 10.7. The van der Waals surface area contributed by atoms with E-state index in [2.05, 4.69) is 22.4 Å². The highest BCUT2D eigenvalue weighted by Gasteiger charge is 2.28. The molecule has 0 saturated heterocycles. The summed E-state index contributed by atoms with van der Waals surface area (Å²) in [5.74, 6) is 0.876. The van der Waals surface area contributed by atoms with Gasteiger partial charge < -0.3 is 21.8 Å². The first-order valence-corrected chi connectivity index (χ1v) is 11.9. The molecule has 1 aliphatic rings. The average Bonchev–Trinajstić information content (AvgIpc) is 3.34. The zero-order valence-corrected chi connectivity index (χ0v) is 19.6. The molecule has 0 bridgehead atoms. The smallest absolute Gasteiger partial charge is 0.248 e. The van der Waals surface area contributed by atoms with Gasteiger partial charge >= 0.3 is 0 Å². The maximum absolute atomic E-state index is 13.2. The molecule has 6 N–H and O–H groups in total. The van der Waals surface area contributed by atoms with Gasteiger partial charge in [0.1, 0.15) is 5.82 Å². The minimum atomic E-state index is -0.455. The fraction of sp³-hybridized carbons (Fsp3) is 0.370. The van der Waals surface area contributed by atoms with E-state index in [0.717, 1.165) is 48.1 Å². The molecule has 1 saturated carbocycles. The number of benzene rings is 2. The molecule has 0 aliphatic heterocycles. The summed E-state index contributed by atoms with van der Waals surface area (Å²) < 4.78 is 0. The molecule has 1 atom stereocenters. The Kier molecular flexibility index (Phi) is 7.43. The molecule has 3 aromatic rings. The molecule has 178 valence electrons. The monoisotopic (exact) mass is 459 g/mol. The third-order valence-corrected chi connectivity index (χ3v) is 6.86. The van der Waals surface area contributed by atoms with Gasteiger partial charge in [-0.1, -0.05) is 36.4 Å². The van der Waals surface area contributed by atoms with Crippen LogP contribution in [0.15, 0.2) is 54.7 Å². The lowest BCUT2D eigenvalue weighted by molar-refractivity contribution is -0.127. The van der Waals surface area contributed by atoms with Gasteiger partial charge in [-0.3, -0.25) is 9.59 Å². The first-order chi connectivity index (χ1) is 16.4. The highest BCUT2D eigenvalue weighted by atomic mass is 16.2. The van der Waals surface area contributed by atoms with Crippen molar-refractivity contribution in [2.24, 2.45) is 23.3 Å². The predicted octanol–water partition coefficient (Wildman–Crippen LogP) is 3.65. The number of primary amides is 1. The summed E-state index contributed by atoms with van der Waals surface area (Å²) in [7, 11) is 0. The van der Waals surface area contributed by atoms with E-state index in [1.807, 2.05) is 37.4 Å². The Labute approximate surface area is 200 Å². The maximum atomic E-state index is 13.2. The quantitative estimate of drug-likeness (QED) is 0.410. The predicted molar refractivity (Wildman–Crippen MR) is 133 cm³/mol. The summed E-state index contributed by atoms with van der Waals surface area (Å²) in [5.41, 5.74) is 15.4. The topological polar surface area (TPSA) is 127 Å². The molecule has 0 radical (unpaired) electrons. The summed E-state index contributed by atoms with van der Waals surface area (Å²) in [6.07, 6.45) is 6.24. The second-order valence-electron chi connectivity index (χ2n) is 9.27. The molecule has 4 rings (SSSR count). The second-order valence-corrected chi connectivity index (χ2v) is 9.27. The van der Waals surface area contributed by atoms with E-state index in [9.17, 15) is 9.59 Å². The van der Waals surface area contributed by atoms with E-state index in [1.165, 1.54) is 0 Å². The van der Waals surface area contributed by atoms with Crippen molar-refractivity contribution in [1.82, 2.24) is 15.3 Å². The highest BCUT2D eigenvalue weighted by Crippen LogP contribution is 2.30. The van der Waals surface area contributed by atoms with Crippen LogP contribution in [0.25, 0.3) is 11.3 Å². The SMILES string of the molecule is Cc1cc(C(N)=O)ccc1-c1c[nH]c([C@H](Cc2ccccc2)NC(=O)C2CCC(CN)CC2)n1. The molecule has 0 spiro atoms. The van der Waals surface area contributed by atoms with Crippen LogP contribution in [-0.2, 0) is 11.2 Å². The number of aromatic amines is 1. The lowest BCUT2D eigenvalue weighted by Gasteiger charge is -2.28.